The van der Waals surface area contributed by atoms with Crippen molar-refractivity contribution in [3.05, 3.63) is 126 Å². The van der Waals surface area contributed by atoms with Gasteiger partial charge in [0.15, 0.2) is 0 Å². The number of carbonyl (C=O) groups is 2. The molecule has 1 N–H and O–H groups in total. The maximum atomic E-state index is 13.7. The Kier molecular flexibility index (Phi) is 11.4. The minimum atomic E-state index is -3.20. The van der Waals surface area contributed by atoms with Crippen LogP contribution in [0.3, 0.4) is 0 Å². The number of pyridine rings is 1. The lowest BCUT2D eigenvalue weighted by molar-refractivity contribution is -0.154. The van der Waals surface area contributed by atoms with Crippen molar-refractivity contribution in [3.8, 4) is 5.75 Å². The molecule has 11 heteroatoms. The molecule has 0 bridgehead atoms. The number of hydrogen-bond acceptors (Lipinski definition) is 8. The first-order chi connectivity index (χ1) is 25.8. The summed E-state index contributed by atoms with van der Waals surface area (Å²) in [4.78, 5) is 32.6. The third-order valence-corrected chi connectivity index (χ3v) is 13.9. The summed E-state index contributed by atoms with van der Waals surface area (Å²) in [6.07, 6.45) is 7.66. The lowest BCUT2D eigenvalue weighted by Crippen LogP contribution is -2.27. The fourth-order valence-electron chi connectivity index (χ4n) is 6.63. The zero-order valence-corrected chi connectivity index (χ0v) is 32.2. The Morgan fingerprint density at radius 2 is 1.72 bits per heavy atom. The number of esters is 1. The van der Waals surface area contributed by atoms with Crippen LogP contribution in [0.1, 0.15) is 60.8 Å². The van der Waals surface area contributed by atoms with Crippen molar-refractivity contribution in [2.24, 2.45) is 5.92 Å². The van der Waals surface area contributed by atoms with Crippen LogP contribution in [0.4, 0.5) is 0 Å². The quantitative estimate of drug-likeness (QED) is 0.0974. The van der Waals surface area contributed by atoms with Crippen molar-refractivity contribution in [2.45, 2.75) is 54.9 Å². The highest BCUT2D eigenvalue weighted by atomic mass is 32.4. The number of rotatable bonds is 12. The molecule has 1 unspecified atom stereocenters. The number of carbonyl (C=O) groups excluding carboxylic acids is 2. The highest BCUT2D eigenvalue weighted by molar-refractivity contribution is 8.11. The second-order valence-electron chi connectivity index (χ2n) is 13.2. The summed E-state index contributed by atoms with van der Waals surface area (Å²) in [5.74, 6) is -0.323. The fraction of sp³-hybridized carbons (Fsp3) is 0.238. The van der Waals surface area contributed by atoms with Crippen LogP contribution in [0.5, 0.6) is 5.75 Å². The van der Waals surface area contributed by atoms with Crippen LogP contribution in [0.15, 0.2) is 119 Å². The first kappa shape index (κ1) is 36.6. The first-order valence-corrected chi connectivity index (χ1v) is 21.6. The monoisotopic (exact) mass is 760 g/mol. The fourth-order valence-corrected chi connectivity index (χ4v) is 11.2. The van der Waals surface area contributed by atoms with E-state index >= 15 is 0 Å². The van der Waals surface area contributed by atoms with Crippen LogP contribution >= 0.6 is 18.2 Å². The molecule has 7 rings (SSSR count). The SMILES string of the molecule is CNC(=O)c1ccccc1Sc1ccc2c(/C=C/c3ccccn3)nn(P(=S)(C[C@@H](C)C(=O)OC3CCCCC3)Oc3cccc4ccccc34)c2c1. The van der Waals surface area contributed by atoms with Gasteiger partial charge in [0, 0.05) is 40.0 Å². The Labute approximate surface area is 319 Å². The second-order valence-corrected chi connectivity index (χ2v) is 18.2. The topological polar surface area (TPSA) is 95.3 Å². The Morgan fingerprint density at radius 1 is 0.943 bits per heavy atom. The van der Waals surface area contributed by atoms with Crippen LogP contribution < -0.4 is 9.84 Å². The van der Waals surface area contributed by atoms with E-state index in [0.29, 0.717) is 17.0 Å². The van der Waals surface area contributed by atoms with E-state index in [-0.39, 0.29) is 24.1 Å². The highest BCUT2D eigenvalue weighted by Crippen LogP contribution is 2.53. The van der Waals surface area contributed by atoms with Crippen LogP contribution in [0, 0.1) is 5.92 Å². The Balaban J connectivity index is 1.35. The molecule has 2 heterocycles. The molecule has 1 fully saturated rings. The Hall–Kier alpha value is -4.76. The van der Waals surface area contributed by atoms with Crippen molar-refractivity contribution in [1.82, 2.24) is 19.9 Å². The number of benzene rings is 4. The third-order valence-electron chi connectivity index (χ3n) is 9.37. The zero-order valence-electron chi connectivity index (χ0n) is 29.7. The number of amides is 1. The molecular formula is C42H41N4O4PS2. The molecule has 1 saturated carbocycles. The maximum absolute atomic E-state index is 13.7. The van der Waals surface area contributed by atoms with Gasteiger partial charge >= 0.3 is 5.97 Å². The van der Waals surface area contributed by atoms with Crippen molar-refractivity contribution in [2.75, 3.05) is 13.2 Å². The van der Waals surface area contributed by atoms with Crippen molar-refractivity contribution in [3.63, 3.8) is 0 Å². The molecule has 0 spiro atoms. The number of aromatic nitrogens is 3. The van der Waals surface area contributed by atoms with Crippen LogP contribution in [-0.4, -0.2) is 45.7 Å². The standard InChI is InChI=1S/C42H41N4O4PS2/c1-29(42(48)49-32-16-4-3-5-17-32)28-51(52,50-39-20-12-14-30-13-6-7-18-34(30)39)46-38-27-33(53-40-21-9-8-19-36(40)41(47)43-2)23-24-35(38)37(45-46)25-22-31-15-10-11-26-44-31/h6-15,18-27,29,32H,3-5,16-17,28H2,1-2H3,(H,43,47)/b25-22+/t29-,51?/m1/s1. The van der Waals surface area contributed by atoms with E-state index in [9.17, 15) is 9.59 Å². The van der Waals surface area contributed by atoms with Crippen molar-refractivity contribution >= 4 is 75.7 Å². The molecule has 270 valence electrons. The van der Waals surface area contributed by atoms with E-state index in [0.717, 1.165) is 62.8 Å². The molecule has 2 aromatic heterocycles. The molecule has 1 aliphatic rings. The lowest BCUT2D eigenvalue weighted by Gasteiger charge is -2.28. The normalized spacial score (nSPS) is 15.3. The summed E-state index contributed by atoms with van der Waals surface area (Å²) in [5, 5.41) is 10.7. The summed E-state index contributed by atoms with van der Waals surface area (Å²) >= 11 is 8.15. The van der Waals surface area contributed by atoms with E-state index in [4.69, 9.17) is 26.2 Å². The molecule has 4 aromatic carbocycles. The molecule has 0 saturated heterocycles. The van der Waals surface area contributed by atoms with Gasteiger partial charge in [-0.25, -0.2) is 4.45 Å². The average Bonchev–Trinajstić information content (AvgIpc) is 3.56. The Bertz CT molecular complexity index is 2330. The van der Waals surface area contributed by atoms with Gasteiger partial charge in [-0.15, -0.1) is 0 Å². The number of hydrogen-bond donors (Lipinski definition) is 1. The van der Waals surface area contributed by atoms with Gasteiger partial charge in [0.25, 0.3) is 5.91 Å². The average molecular weight is 761 g/mol. The Morgan fingerprint density at radius 3 is 2.53 bits per heavy atom. The van der Waals surface area contributed by atoms with Gasteiger partial charge in [0.2, 0.25) is 6.42 Å². The molecule has 6 aromatic rings. The van der Waals surface area contributed by atoms with Gasteiger partial charge in [-0.1, -0.05) is 79.7 Å². The maximum Gasteiger partial charge on any atom is 0.309 e. The summed E-state index contributed by atoms with van der Waals surface area (Å²) < 4.78 is 14.9. The van der Waals surface area contributed by atoms with Gasteiger partial charge < -0.3 is 14.6 Å². The molecule has 53 heavy (non-hydrogen) atoms. The van der Waals surface area contributed by atoms with Gasteiger partial charge in [0.05, 0.1) is 28.4 Å². The molecule has 1 amide bonds. The summed E-state index contributed by atoms with van der Waals surface area (Å²) in [6.45, 7) is 1.88. The largest absolute Gasteiger partial charge is 0.462 e. The van der Waals surface area contributed by atoms with Crippen LogP contribution in [0.25, 0.3) is 33.8 Å². The predicted octanol–water partition coefficient (Wildman–Crippen LogP) is 10.0. The van der Waals surface area contributed by atoms with Crippen molar-refractivity contribution < 1.29 is 18.8 Å². The van der Waals surface area contributed by atoms with E-state index in [2.05, 4.69) is 10.3 Å². The van der Waals surface area contributed by atoms with Gasteiger partial charge in [-0.2, -0.15) is 5.10 Å². The van der Waals surface area contributed by atoms with Crippen LogP contribution in [0.2, 0.25) is 0 Å². The summed E-state index contributed by atoms with van der Waals surface area (Å²) in [6, 6.07) is 33.3. The van der Waals surface area contributed by atoms with Gasteiger partial charge in [-0.05, 0) is 104 Å². The van der Waals surface area contributed by atoms with E-state index in [1.54, 1.807) is 13.2 Å². The van der Waals surface area contributed by atoms with Crippen molar-refractivity contribution in [1.29, 1.82) is 0 Å². The smallest absolute Gasteiger partial charge is 0.309 e. The number of nitrogens with zero attached hydrogens (tertiary/aromatic N) is 3. The van der Waals surface area contributed by atoms with Crippen LogP contribution in [-0.2, 0) is 21.3 Å². The van der Waals surface area contributed by atoms with Gasteiger partial charge in [-0.3, -0.25) is 14.6 Å². The van der Waals surface area contributed by atoms with Gasteiger partial charge in [0.1, 0.15) is 11.9 Å². The minimum absolute atomic E-state index is 0.0679. The van der Waals surface area contributed by atoms with E-state index in [1.807, 2.05) is 127 Å². The highest BCUT2D eigenvalue weighted by Gasteiger charge is 2.34. The molecular weight excluding hydrogens is 720 g/mol. The molecule has 2 atom stereocenters. The minimum Gasteiger partial charge on any atom is -0.462 e. The third kappa shape index (κ3) is 8.41. The number of ether oxygens (including phenoxy) is 1. The second kappa shape index (κ2) is 16.5. The molecule has 1 aliphatic carbocycles. The van der Waals surface area contributed by atoms with E-state index < -0.39 is 12.3 Å². The predicted molar refractivity (Wildman–Crippen MR) is 218 cm³/mol. The summed E-state index contributed by atoms with van der Waals surface area (Å²) in [5.41, 5.74) is 2.84. The zero-order chi connectivity index (χ0) is 36.8. The number of fused-ring (bicyclic) bond motifs is 2. The first-order valence-electron chi connectivity index (χ1n) is 17.9. The molecule has 0 aliphatic heterocycles. The molecule has 0 radical (unpaired) electrons. The lowest BCUT2D eigenvalue weighted by atomic mass is 9.98. The van der Waals surface area contributed by atoms with E-state index in [1.165, 1.54) is 18.2 Å². The number of nitrogens with one attached hydrogen (secondary N) is 1. The molecule has 8 nitrogen and oxygen atoms in total. The summed E-state index contributed by atoms with van der Waals surface area (Å²) in [7, 11) is 1.63.